The van der Waals surface area contributed by atoms with Crippen LogP contribution in [0.15, 0.2) is 54.6 Å². The van der Waals surface area contributed by atoms with Gasteiger partial charge in [-0.05, 0) is 104 Å². The van der Waals surface area contributed by atoms with E-state index in [0.29, 0.717) is 32.2 Å². The van der Waals surface area contributed by atoms with Gasteiger partial charge < -0.3 is 21.1 Å². The molecule has 51 heavy (non-hydrogen) atoms. The van der Waals surface area contributed by atoms with Crippen LogP contribution in [-0.2, 0) is 34.0 Å². The molecule has 0 aromatic heterocycles. The maximum Gasteiger partial charge on any atom is 0.251 e. The third-order valence-corrected chi connectivity index (χ3v) is 11.5. The third-order valence-electron chi connectivity index (χ3n) is 9.19. The van der Waals surface area contributed by atoms with Crippen molar-refractivity contribution in [2.45, 2.75) is 110 Å². The van der Waals surface area contributed by atoms with Crippen LogP contribution in [0.4, 0.5) is 8.78 Å². The van der Waals surface area contributed by atoms with E-state index in [0.717, 1.165) is 52.4 Å². The number of aryl methyl sites for hydroxylation is 3. The van der Waals surface area contributed by atoms with E-state index in [1.807, 2.05) is 58.9 Å². The lowest BCUT2D eigenvalue weighted by atomic mass is 9.99. The first-order valence-corrected chi connectivity index (χ1v) is 19.2. The number of sulfone groups is 1. The Hall–Kier alpha value is -3.38. The zero-order chi connectivity index (χ0) is 37.0. The van der Waals surface area contributed by atoms with E-state index in [1.165, 1.54) is 0 Å². The number of hydrogen-bond donors (Lipinski definition) is 4. The van der Waals surface area contributed by atoms with Crippen LogP contribution in [-0.4, -0.2) is 61.1 Å². The molecule has 3 aromatic carbocycles. The Morgan fingerprint density at radius 2 is 1.41 bits per heavy atom. The molecular weight excluding hydrogens is 696 g/mol. The van der Waals surface area contributed by atoms with Crippen LogP contribution in [0.5, 0.6) is 0 Å². The monoisotopic (exact) mass is 749 g/mol. The average Bonchev–Trinajstić information content (AvgIpc) is 3.05. The summed E-state index contributed by atoms with van der Waals surface area (Å²) in [5, 5.41) is 19.2. The van der Waals surface area contributed by atoms with Gasteiger partial charge in [0.1, 0.15) is 17.7 Å². The molecule has 0 bridgehead atoms. The summed E-state index contributed by atoms with van der Waals surface area (Å²) in [6, 6.07) is 11.7. The van der Waals surface area contributed by atoms with E-state index in [4.69, 9.17) is 0 Å². The lowest BCUT2D eigenvalue weighted by molar-refractivity contribution is -0.124. The molecular formula is C39H54ClF2N3O5S. The van der Waals surface area contributed by atoms with E-state index >= 15 is 0 Å². The molecule has 1 unspecified atom stereocenters. The van der Waals surface area contributed by atoms with Gasteiger partial charge in [0, 0.05) is 24.7 Å². The summed E-state index contributed by atoms with van der Waals surface area (Å²) < 4.78 is 55.8. The van der Waals surface area contributed by atoms with Crippen molar-refractivity contribution in [3.05, 3.63) is 105 Å². The minimum atomic E-state index is -3.87. The summed E-state index contributed by atoms with van der Waals surface area (Å²) in [6.45, 7) is 11.9. The molecule has 0 aliphatic rings. The summed E-state index contributed by atoms with van der Waals surface area (Å²) in [5.41, 5.74) is 5.37. The summed E-state index contributed by atoms with van der Waals surface area (Å²) >= 11 is 0. The van der Waals surface area contributed by atoms with Crippen molar-refractivity contribution in [2.75, 3.05) is 12.3 Å². The van der Waals surface area contributed by atoms with E-state index in [2.05, 4.69) is 22.9 Å². The van der Waals surface area contributed by atoms with Crippen LogP contribution < -0.4 is 16.0 Å². The zero-order valence-electron chi connectivity index (χ0n) is 30.5. The second-order valence-corrected chi connectivity index (χ2v) is 15.6. The first-order chi connectivity index (χ1) is 23.7. The highest BCUT2D eigenvalue weighted by Crippen LogP contribution is 2.19. The number of carbonyl (C=O) groups is 2. The van der Waals surface area contributed by atoms with Gasteiger partial charge in [-0.2, -0.15) is 0 Å². The fourth-order valence-corrected chi connectivity index (χ4v) is 8.28. The van der Waals surface area contributed by atoms with Crippen molar-refractivity contribution in [1.29, 1.82) is 0 Å². The predicted octanol–water partition coefficient (Wildman–Crippen LogP) is 6.23. The normalized spacial score (nSPS) is 13.3. The Morgan fingerprint density at radius 3 is 1.98 bits per heavy atom. The van der Waals surface area contributed by atoms with E-state index in [9.17, 15) is 31.9 Å². The molecule has 2 amide bonds. The standard InChI is InChI=1S/C39H53F2N3O5S.ClH/c1-7-11-34(12-8-2)50(48,49)24-36(44-38(46)31-15-25(4)27(6)26(5)16-31)39(47)43-35(20-30-18-32(40)21-33(41)19-30)37(45)23-42-22-29-14-10-13-28(9-3)17-29;/h10,13-19,21,34-37,42,45H,7-9,11-12,20,22-24H2,1-6H3,(H,43,47)(H,44,46);1H/t35-,36?,37+;/m0./s1. The minimum absolute atomic E-state index is 0. The highest BCUT2D eigenvalue weighted by Gasteiger charge is 2.34. The molecule has 8 nitrogen and oxygen atoms in total. The van der Waals surface area contributed by atoms with Crippen molar-refractivity contribution >= 4 is 34.1 Å². The number of carbonyl (C=O) groups excluding carboxylic acids is 2. The molecule has 3 rings (SSSR count). The fourth-order valence-electron chi connectivity index (χ4n) is 6.12. The summed E-state index contributed by atoms with van der Waals surface area (Å²) in [4.78, 5) is 27.6. The average molecular weight is 750 g/mol. The van der Waals surface area contributed by atoms with Gasteiger partial charge in [-0.25, -0.2) is 17.2 Å². The Labute approximate surface area is 308 Å². The Bertz CT molecular complexity index is 1670. The number of hydrogen-bond acceptors (Lipinski definition) is 6. The number of nitrogens with one attached hydrogen (secondary N) is 3. The van der Waals surface area contributed by atoms with Crippen molar-refractivity contribution in [3.63, 3.8) is 0 Å². The van der Waals surface area contributed by atoms with Crippen molar-refractivity contribution in [3.8, 4) is 0 Å². The minimum Gasteiger partial charge on any atom is -0.390 e. The molecule has 0 heterocycles. The summed E-state index contributed by atoms with van der Waals surface area (Å²) in [5.74, 6) is -3.72. The maximum atomic E-state index is 14.2. The second kappa shape index (κ2) is 20.6. The van der Waals surface area contributed by atoms with Gasteiger partial charge in [-0.15, -0.1) is 12.4 Å². The van der Waals surface area contributed by atoms with Gasteiger partial charge in [0.15, 0.2) is 9.84 Å². The molecule has 0 saturated carbocycles. The number of benzene rings is 3. The molecule has 282 valence electrons. The van der Waals surface area contributed by atoms with Crippen LogP contribution in [0.3, 0.4) is 0 Å². The number of rotatable bonds is 19. The second-order valence-electron chi connectivity index (χ2n) is 13.3. The van der Waals surface area contributed by atoms with Gasteiger partial charge in [0.25, 0.3) is 5.91 Å². The van der Waals surface area contributed by atoms with Crippen LogP contribution in [0, 0.1) is 32.4 Å². The summed E-state index contributed by atoms with van der Waals surface area (Å²) in [6.07, 6.45) is 1.53. The van der Waals surface area contributed by atoms with Gasteiger partial charge >= 0.3 is 0 Å². The van der Waals surface area contributed by atoms with Crippen molar-refractivity contribution < 1.29 is 31.9 Å². The molecule has 0 spiro atoms. The molecule has 0 radical (unpaired) electrons. The summed E-state index contributed by atoms with van der Waals surface area (Å²) in [7, 11) is -3.87. The first-order valence-electron chi connectivity index (χ1n) is 17.5. The van der Waals surface area contributed by atoms with Crippen LogP contribution >= 0.6 is 12.4 Å². The number of halogens is 3. The van der Waals surface area contributed by atoms with E-state index in [-0.39, 0.29) is 36.5 Å². The number of aliphatic hydroxyl groups excluding tert-OH is 1. The van der Waals surface area contributed by atoms with Gasteiger partial charge in [-0.3, -0.25) is 9.59 Å². The molecule has 0 aliphatic carbocycles. The zero-order valence-corrected chi connectivity index (χ0v) is 32.2. The maximum absolute atomic E-state index is 14.2. The molecule has 0 fully saturated rings. The highest BCUT2D eigenvalue weighted by atomic mass is 35.5. The van der Waals surface area contributed by atoms with Crippen molar-refractivity contribution in [1.82, 2.24) is 16.0 Å². The Morgan fingerprint density at radius 1 is 0.824 bits per heavy atom. The van der Waals surface area contributed by atoms with Gasteiger partial charge in [0.2, 0.25) is 5.91 Å². The lowest BCUT2D eigenvalue weighted by Gasteiger charge is -2.28. The predicted molar refractivity (Wildman–Crippen MR) is 202 cm³/mol. The largest absolute Gasteiger partial charge is 0.390 e. The van der Waals surface area contributed by atoms with Crippen molar-refractivity contribution in [2.24, 2.45) is 0 Å². The first kappa shape index (κ1) is 43.8. The SMILES string of the molecule is CCCC(CCC)S(=O)(=O)CC(NC(=O)c1cc(C)c(C)c(C)c1)C(=O)N[C@@H](Cc1cc(F)cc(F)c1)[C@H](O)CNCc1cccc(CC)c1.Cl. The molecule has 0 saturated heterocycles. The van der Waals surface area contributed by atoms with Crippen LogP contribution in [0.2, 0.25) is 0 Å². The molecule has 4 N–H and O–H groups in total. The van der Waals surface area contributed by atoms with Crippen LogP contribution in [0.25, 0.3) is 0 Å². The van der Waals surface area contributed by atoms with E-state index in [1.54, 1.807) is 12.1 Å². The van der Waals surface area contributed by atoms with Crippen LogP contribution in [0.1, 0.15) is 90.2 Å². The quantitative estimate of drug-likeness (QED) is 0.115. The van der Waals surface area contributed by atoms with Gasteiger partial charge in [0.05, 0.1) is 23.1 Å². The lowest BCUT2D eigenvalue weighted by Crippen LogP contribution is -2.57. The van der Waals surface area contributed by atoms with Gasteiger partial charge in [-0.1, -0.05) is 57.9 Å². The Balaban J connectivity index is 0.00000901. The Kier molecular flexibility index (Phi) is 17.7. The molecule has 0 aliphatic heterocycles. The molecule has 3 aromatic rings. The fraction of sp³-hybridized carbons (Fsp3) is 0.487. The smallest absolute Gasteiger partial charge is 0.251 e. The number of aliphatic hydroxyl groups is 1. The topological polar surface area (TPSA) is 125 Å². The molecule has 12 heteroatoms. The van der Waals surface area contributed by atoms with E-state index < -0.39 is 62.5 Å². The molecule has 3 atom stereocenters. The number of amides is 2. The highest BCUT2D eigenvalue weighted by molar-refractivity contribution is 7.92. The third kappa shape index (κ3) is 13.3.